The van der Waals surface area contributed by atoms with E-state index in [2.05, 4.69) is 34.1 Å². The second kappa shape index (κ2) is 7.98. The van der Waals surface area contributed by atoms with Gasteiger partial charge in [-0.25, -0.2) is 0 Å². The highest BCUT2D eigenvalue weighted by atomic mass is 16.6. The molecule has 6 heteroatoms. The van der Waals surface area contributed by atoms with Crippen LogP contribution in [0.4, 0.5) is 17.1 Å². The van der Waals surface area contributed by atoms with Crippen LogP contribution in [0.1, 0.15) is 12.0 Å². The molecule has 2 N–H and O–H groups in total. The molecule has 1 aliphatic heterocycles. The zero-order valence-corrected chi connectivity index (χ0v) is 14.3. The summed E-state index contributed by atoms with van der Waals surface area (Å²) in [5, 5.41) is 11.0. The normalized spacial score (nSPS) is 15.3. The fraction of sp³-hybridized carbons (Fsp3) is 0.368. The van der Waals surface area contributed by atoms with Crippen LogP contribution in [-0.2, 0) is 6.42 Å². The molecule has 0 saturated carbocycles. The molecule has 0 radical (unpaired) electrons. The van der Waals surface area contributed by atoms with Gasteiger partial charge in [-0.05, 0) is 43.1 Å². The third kappa shape index (κ3) is 4.48. The van der Waals surface area contributed by atoms with Crippen molar-refractivity contribution >= 4 is 17.1 Å². The van der Waals surface area contributed by atoms with Gasteiger partial charge in [0.25, 0.3) is 5.69 Å². The van der Waals surface area contributed by atoms with Crippen LogP contribution in [0.25, 0.3) is 0 Å². The number of hydrogen-bond donors (Lipinski definition) is 1. The van der Waals surface area contributed by atoms with Crippen LogP contribution in [0, 0.1) is 10.1 Å². The lowest BCUT2D eigenvalue weighted by Crippen LogP contribution is -2.46. The third-order valence-electron chi connectivity index (χ3n) is 4.72. The monoisotopic (exact) mass is 340 g/mol. The number of anilines is 2. The van der Waals surface area contributed by atoms with Crippen molar-refractivity contribution in [3.05, 3.63) is 64.2 Å². The topological polar surface area (TPSA) is 75.6 Å². The summed E-state index contributed by atoms with van der Waals surface area (Å²) in [7, 11) is 0. The molecule has 6 nitrogen and oxygen atoms in total. The predicted octanol–water partition coefficient (Wildman–Crippen LogP) is 2.93. The number of nitro groups is 1. The molecule has 1 aliphatic rings. The Balaban J connectivity index is 1.45. The number of nitro benzene ring substituents is 1. The lowest BCUT2D eigenvalue weighted by atomic mass is 10.1. The highest BCUT2D eigenvalue weighted by Gasteiger charge is 2.17. The lowest BCUT2D eigenvalue weighted by molar-refractivity contribution is -0.384. The zero-order chi connectivity index (χ0) is 17.6. The van der Waals surface area contributed by atoms with Crippen molar-refractivity contribution in [2.75, 3.05) is 43.4 Å². The van der Waals surface area contributed by atoms with E-state index in [4.69, 9.17) is 5.73 Å². The first-order valence-electron chi connectivity index (χ1n) is 8.68. The largest absolute Gasteiger partial charge is 0.393 e. The molecule has 1 fully saturated rings. The van der Waals surface area contributed by atoms with Crippen molar-refractivity contribution in [1.82, 2.24) is 4.90 Å². The Bertz CT molecular complexity index is 713. The minimum atomic E-state index is -0.415. The average molecular weight is 340 g/mol. The van der Waals surface area contributed by atoms with Crippen molar-refractivity contribution < 1.29 is 4.92 Å². The molecule has 0 amide bonds. The summed E-state index contributed by atoms with van der Waals surface area (Å²) in [4.78, 5) is 15.4. The summed E-state index contributed by atoms with van der Waals surface area (Å²) in [6, 6.07) is 15.6. The summed E-state index contributed by atoms with van der Waals surface area (Å²) in [5.41, 5.74) is 8.14. The van der Waals surface area contributed by atoms with Crippen LogP contribution < -0.4 is 10.6 Å². The maximum atomic E-state index is 11.0. The Kier molecular flexibility index (Phi) is 5.50. The highest BCUT2D eigenvalue weighted by molar-refractivity contribution is 5.59. The van der Waals surface area contributed by atoms with Crippen LogP contribution in [-0.4, -0.2) is 42.5 Å². The van der Waals surface area contributed by atoms with Gasteiger partial charge in [-0.1, -0.05) is 24.3 Å². The molecular weight excluding hydrogens is 316 g/mol. The average Bonchev–Trinajstić information content (AvgIpc) is 2.64. The molecule has 25 heavy (non-hydrogen) atoms. The number of aryl methyl sites for hydroxylation is 1. The van der Waals surface area contributed by atoms with Crippen LogP contribution in [0.15, 0.2) is 48.5 Å². The second-order valence-electron chi connectivity index (χ2n) is 6.42. The Labute approximate surface area is 148 Å². The molecule has 132 valence electrons. The molecule has 0 aliphatic carbocycles. The van der Waals surface area contributed by atoms with Crippen molar-refractivity contribution in [2.45, 2.75) is 12.8 Å². The molecular formula is C19H24N4O2. The SMILES string of the molecule is Nc1ccc(CCCN2CCN(c3ccccc3)CC2)cc1[N+](=O)[O-]. The number of hydrogen-bond acceptors (Lipinski definition) is 5. The molecule has 0 spiro atoms. The summed E-state index contributed by atoms with van der Waals surface area (Å²) >= 11 is 0. The molecule has 3 rings (SSSR count). The number of para-hydroxylation sites is 1. The van der Waals surface area contributed by atoms with Gasteiger partial charge in [-0.15, -0.1) is 0 Å². The van der Waals surface area contributed by atoms with Gasteiger partial charge in [-0.3, -0.25) is 15.0 Å². The van der Waals surface area contributed by atoms with E-state index in [-0.39, 0.29) is 11.4 Å². The van der Waals surface area contributed by atoms with E-state index in [1.807, 2.05) is 12.1 Å². The maximum Gasteiger partial charge on any atom is 0.292 e. The molecule has 1 heterocycles. The van der Waals surface area contributed by atoms with Gasteiger partial charge in [0.1, 0.15) is 5.69 Å². The van der Waals surface area contributed by atoms with Crippen LogP contribution in [0.3, 0.4) is 0 Å². The first kappa shape index (κ1) is 17.2. The molecule has 2 aromatic carbocycles. The quantitative estimate of drug-likeness (QED) is 0.497. The van der Waals surface area contributed by atoms with Gasteiger partial charge in [0.05, 0.1) is 4.92 Å². The standard InChI is InChI=1S/C19H24N4O2/c20-18-9-8-16(15-19(18)23(24)25)5-4-10-21-11-13-22(14-12-21)17-6-2-1-3-7-17/h1-3,6-9,15H,4-5,10-14,20H2. The minimum Gasteiger partial charge on any atom is -0.393 e. The third-order valence-corrected chi connectivity index (χ3v) is 4.72. The van der Waals surface area contributed by atoms with Crippen molar-refractivity contribution in [3.8, 4) is 0 Å². The fourth-order valence-corrected chi connectivity index (χ4v) is 3.28. The Morgan fingerprint density at radius 3 is 2.44 bits per heavy atom. The summed E-state index contributed by atoms with van der Waals surface area (Å²) in [6.45, 7) is 5.20. The van der Waals surface area contributed by atoms with Gasteiger partial charge in [-0.2, -0.15) is 0 Å². The Hall–Kier alpha value is -2.60. The zero-order valence-electron chi connectivity index (χ0n) is 14.3. The van der Waals surface area contributed by atoms with Crippen molar-refractivity contribution in [1.29, 1.82) is 0 Å². The molecule has 0 atom stereocenters. The van der Waals surface area contributed by atoms with E-state index >= 15 is 0 Å². The molecule has 0 bridgehead atoms. The number of piperazine rings is 1. The summed E-state index contributed by atoms with van der Waals surface area (Å²) in [6.07, 6.45) is 1.83. The number of nitrogens with two attached hydrogens (primary N) is 1. The van der Waals surface area contributed by atoms with Gasteiger partial charge in [0, 0.05) is 37.9 Å². The van der Waals surface area contributed by atoms with Gasteiger partial charge in [0.2, 0.25) is 0 Å². The van der Waals surface area contributed by atoms with Crippen LogP contribution in [0.5, 0.6) is 0 Å². The first-order valence-corrected chi connectivity index (χ1v) is 8.68. The van der Waals surface area contributed by atoms with E-state index in [1.165, 1.54) is 5.69 Å². The number of benzene rings is 2. The smallest absolute Gasteiger partial charge is 0.292 e. The molecule has 0 aromatic heterocycles. The summed E-state index contributed by atoms with van der Waals surface area (Å²) < 4.78 is 0. The Morgan fingerprint density at radius 1 is 1.04 bits per heavy atom. The minimum absolute atomic E-state index is 0.00831. The molecule has 1 saturated heterocycles. The van der Waals surface area contributed by atoms with E-state index in [0.29, 0.717) is 0 Å². The molecule has 2 aromatic rings. The van der Waals surface area contributed by atoms with Gasteiger partial charge >= 0.3 is 0 Å². The lowest BCUT2D eigenvalue weighted by Gasteiger charge is -2.36. The van der Waals surface area contributed by atoms with Gasteiger partial charge in [0.15, 0.2) is 0 Å². The summed E-state index contributed by atoms with van der Waals surface area (Å²) in [5.74, 6) is 0. The van der Waals surface area contributed by atoms with E-state index < -0.39 is 4.92 Å². The van der Waals surface area contributed by atoms with E-state index in [0.717, 1.165) is 51.1 Å². The Morgan fingerprint density at radius 2 is 1.76 bits per heavy atom. The van der Waals surface area contributed by atoms with Crippen molar-refractivity contribution in [2.24, 2.45) is 0 Å². The maximum absolute atomic E-state index is 11.0. The predicted molar refractivity (Wildman–Crippen MR) is 101 cm³/mol. The number of nitrogen functional groups attached to an aromatic ring is 1. The van der Waals surface area contributed by atoms with Crippen LogP contribution in [0.2, 0.25) is 0 Å². The molecule has 0 unspecified atom stereocenters. The second-order valence-corrected chi connectivity index (χ2v) is 6.42. The number of nitrogens with zero attached hydrogens (tertiary/aromatic N) is 3. The van der Waals surface area contributed by atoms with Gasteiger partial charge < -0.3 is 10.6 Å². The van der Waals surface area contributed by atoms with Crippen molar-refractivity contribution in [3.63, 3.8) is 0 Å². The number of rotatable bonds is 6. The first-order chi connectivity index (χ1) is 12.1. The highest BCUT2D eigenvalue weighted by Crippen LogP contribution is 2.23. The van der Waals surface area contributed by atoms with Crippen LogP contribution >= 0.6 is 0 Å². The van der Waals surface area contributed by atoms with E-state index in [9.17, 15) is 10.1 Å². The van der Waals surface area contributed by atoms with E-state index in [1.54, 1.807) is 12.1 Å². The fourth-order valence-electron chi connectivity index (χ4n) is 3.28.